The first-order valence-electron chi connectivity index (χ1n) is 35.4. The van der Waals surface area contributed by atoms with Gasteiger partial charge in [-0.05, 0) is 187 Å². The summed E-state index contributed by atoms with van der Waals surface area (Å²) >= 11 is 0. The van der Waals surface area contributed by atoms with Crippen molar-refractivity contribution in [1.29, 1.82) is 0 Å². The summed E-state index contributed by atoms with van der Waals surface area (Å²) in [5.41, 5.74) is 18.0. The maximum atomic E-state index is 9.76. The number of nitrogens with zero attached hydrogens (tertiary/aromatic N) is 12. The molecule has 12 aromatic rings. The van der Waals surface area contributed by atoms with Gasteiger partial charge in [-0.15, -0.1) is 40.8 Å². The molecule has 6 N–H and O–H groups in total. The van der Waals surface area contributed by atoms with Crippen LogP contribution in [0.3, 0.4) is 0 Å². The van der Waals surface area contributed by atoms with Gasteiger partial charge in [-0.2, -0.15) is 0 Å². The van der Waals surface area contributed by atoms with E-state index in [1.807, 2.05) is 177 Å². The second-order valence-electron chi connectivity index (χ2n) is 25.7. The summed E-state index contributed by atoms with van der Waals surface area (Å²) in [6, 6.07) is 60.1. The van der Waals surface area contributed by atoms with Crippen LogP contribution in [-0.2, 0) is 0 Å². The van der Waals surface area contributed by atoms with E-state index in [9.17, 15) is 10.2 Å². The third kappa shape index (κ3) is 21.5. The van der Waals surface area contributed by atoms with E-state index in [0.29, 0.717) is 35.3 Å². The zero-order valence-electron chi connectivity index (χ0n) is 63.4. The molecule has 12 rings (SSSR count). The molecule has 0 aliphatic heterocycles. The minimum Gasteiger partial charge on any atom is -0.508 e. The maximum Gasteiger partial charge on any atom is 0.243 e. The molecular formula is C85H100N16O6. The van der Waals surface area contributed by atoms with Gasteiger partial charge >= 0.3 is 0 Å². The van der Waals surface area contributed by atoms with Crippen LogP contribution in [0.15, 0.2) is 182 Å². The van der Waals surface area contributed by atoms with E-state index in [1.165, 1.54) is 11.1 Å². The molecule has 0 aliphatic carbocycles. The lowest BCUT2D eigenvalue weighted by atomic mass is 10.0. The van der Waals surface area contributed by atoms with Crippen LogP contribution in [0.4, 0.5) is 23.8 Å². The van der Waals surface area contributed by atoms with Crippen LogP contribution in [0.25, 0.3) is 45.0 Å². The molecule has 4 atom stereocenters. The molecule has 0 aliphatic rings. The molecule has 107 heavy (non-hydrogen) atoms. The molecule has 556 valence electrons. The van der Waals surface area contributed by atoms with Crippen molar-refractivity contribution in [2.45, 2.75) is 140 Å². The first-order chi connectivity index (χ1) is 51.2. The number of anilines is 4. The molecular weight excluding hydrogens is 1340 g/mol. The van der Waals surface area contributed by atoms with Crippen LogP contribution in [-0.4, -0.2) is 99.4 Å². The van der Waals surface area contributed by atoms with E-state index >= 15 is 0 Å². The maximum absolute atomic E-state index is 9.76. The van der Waals surface area contributed by atoms with Crippen molar-refractivity contribution < 1.29 is 29.2 Å². The summed E-state index contributed by atoms with van der Waals surface area (Å²) in [7, 11) is 6.53. The van der Waals surface area contributed by atoms with Crippen molar-refractivity contribution in [3.05, 3.63) is 249 Å². The van der Waals surface area contributed by atoms with Gasteiger partial charge in [0.1, 0.15) is 11.5 Å². The lowest BCUT2D eigenvalue weighted by Gasteiger charge is -2.19. The lowest BCUT2D eigenvalue weighted by Crippen LogP contribution is -2.14. The normalized spacial score (nSPS) is 11.7. The van der Waals surface area contributed by atoms with Gasteiger partial charge in [-0.1, -0.05) is 155 Å². The van der Waals surface area contributed by atoms with E-state index in [-0.39, 0.29) is 43.1 Å². The van der Waals surface area contributed by atoms with Gasteiger partial charge in [0, 0.05) is 22.3 Å². The van der Waals surface area contributed by atoms with E-state index in [2.05, 4.69) is 143 Å². The Balaban J connectivity index is 0.000000180. The van der Waals surface area contributed by atoms with Crippen molar-refractivity contribution in [1.82, 2.24) is 60.7 Å². The second-order valence-corrected chi connectivity index (χ2v) is 25.7. The molecule has 0 fully saturated rings. The molecule has 0 spiro atoms. The highest BCUT2D eigenvalue weighted by atomic mass is 16.5. The molecule has 0 bridgehead atoms. The van der Waals surface area contributed by atoms with Crippen molar-refractivity contribution in [3.8, 4) is 79.5 Å². The lowest BCUT2D eigenvalue weighted by molar-refractivity contribution is 0.353. The van der Waals surface area contributed by atoms with E-state index in [4.69, 9.17) is 33.9 Å². The number of aromatic hydroxyl groups is 2. The Bertz CT molecular complexity index is 4830. The van der Waals surface area contributed by atoms with E-state index in [0.717, 1.165) is 138 Å². The van der Waals surface area contributed by atoms with Gasteiger partial charge in [0.2, 0.25) is 23.8 Å². The minimum absolute atomic E-state index is 0. The number of rotatable bonds is 24. The molecule has 0 amide bonds. The van der Waals surface area contributed by atoms with Crippen LogP contribution < -0.4 is 40.2 Å². The number of nitrogens with one attached hydrogen (secondary N) is 4. The Hall–Kier alpha value is -12.2. The van der Waals surface area contributed by atoms with Crippen molar-refractivity contribution >= 4 is 23.8 Å². The van der Waals surface area contributed by atoms with Crippen molar-refractivity contribution in [2.75, 3.05) is 49.7 Å². The van der Waals surface area contributed by atoms with E-state index in [1.54, 1.807) is 40.6 Å². The predicted molar refractivity (Wildman–Crippen MR) is 428 cm³/mol. The Kier molecular flexibility index (Phi) is 29.4. The molecule has 4 heterocycles. The van der Waals surface area contributed by atoms with Crippen LogP contribution in [0.5, 0.6) is 34.5 Å². The van der Waals surface area contributed by atoms with Crippen LogP contribution >= 0.6 is 0 Å². The van der Waals surface area contributed by atoms with Gasteiger partial charge in [0.15, 0.2) is 23.0 Å². The Morgan fingerprint density at radius 3 is 0.888 bits per heavy atom. The Morgan fingerprint density at radius 1 is 0.327 bits per heavy atom. The quantitative estimate of drug-likeness (QED) is 0.0328. The number of aromatic nitrogens is 12. The molecule has 22 heteroatoms. The summed E-state index contributed by atoms with van der Waals surface area (Å²) in [6.45, 7) is 23.7. The van der Waals surface area contributed by atoms with Gasteiger partial charge in [-0.3, -0.25) is 0 Å². The number of phenolic OH excluding ortho intramolecular Hbond substituents is 2. The largest absolute Gasteiger partial charge is 0.508 e. The third-order valence-electron chi connectivity index (χ3n) is 17.7. The molecule has 0 radical (unpaired) electrons. The number of ether oxygens (including phenoxy) is 4. The Morgan fingerprint density at radius 2 is 0.607 bits per heavy atom. The monoisotopic (exact) mass is 1440 g/mol. The molecule has 8 aromatic carbocycles. The topological polar surface area (TPSA) is 280 Å². The summed E-state index contributed by atoms with van der Waals surface area (Å²) in [6.07, 6.45) is 4.06. The SMILES string of the molecule is C.CCCC(Nc1nnc(C)c(-c2cc(C)c(OC)c(OC)c2)n1)c1ccccc1.CCCC(Nc1nnc(C)c(-c2ccc(O)c(C)c2)n1)c1ccccc1.COc1cc(-c2nc(N[C@H](C)c3ccccc3)nnc2C)cc(C)c1OC.Cc1cc(-c2nc(N[C@H](C)c3ccccc3)nnc2C)ccc1O. The molecule has 0 saturated carbocycles. The van der Waals surface area contributed by atoms with Crippen molar-refractivity contribution in [2.24, 2.45) is 0 Å². The summed E-state index contributed by atoms with van der Waals surface area (Å²) in [5.74, 6) is 5.32. The minimum atomic E-state index is 0. The molecule has 0 saturated heterocycles. The first kappa shape index (κ1) is 80.5. The van der Waals surface area contributed by atoms with Crippen LogP contribution in [0.2, 0.25) is 0 Å². The first-order valence-corrected chi connectivity index (χ1v) is 35.4. The average Bonchev–Trinajstić information content (AvgIpc) is 0.821. The average molecular weight is 1440 g/mol. The number of aryl methyl sites for hydroxylation is 8. The fourth-order valence-corrected chi connectivity index (χ4v) is 12.0. The van der Waals surface area contributed by atoms with Gasteiger partial charge < -0.3 is 50.4 Å². The molecule has 22 nitrogen and oxygen atoms in total. The smallest absolute Gasteiger partial charge is 0.243 e. The number of methoxy groups -OCH3 is 4. The van der Waals surface area contributed by atoms with Crippen LogP contribution in [0, 0.1) is 55.4 Å². The molecule has 4 aromatic heterocycles. The van der Waals surface area contributed by atoms with Gasteiger partial charge in [0.05, 0.1) is 98.2 Å². The van der Waals surface area contributed by atoms with Gasteiger partial charge in [0.25, 0.3) is 0 Å². The zero-order chi connectivity index (χ0) is 75.8. The number of hydrogen-bond acceptors (Lipinski definition) is 22. The number of benzene rings is 8. The predicted octanol–water partition coefficient (Wildman–Crippen LogP) is 19.0. The highest BCUT2D eigenvalue weighted by molar-refractivity contribution is 5.71. The highest BCUT2D eigenvalue weighted by Crippen LogP contribution is 2.39. The summed E-state index contributed by atoms with van der Waals surface area (Å²) < 4.78 is 21.8. The second kappa shape index (κ2) is 39.1. The van der Waals surface area contributed by atoms with E-state index < -0.39 is 0 Å². The standard InChI is InChI=1S/C23H28N4O2.C21H24N4O2.C21H24N4O.C19H20N4O.CH4/c1-6-10-19(17-11-8-7-9-12-17)24-23-25-21(16(3)26-27-23)18-13-15(2)22(29-5)20(14-18)28-4;1-13-11-17(12-18(26-4)20(13)27-5)19-15(3)24-25-21(23-19)22-14(2)16-9-7-6-8-10-16;1-4-8-18(16-9-6-5-7-10-16)22-21-23-20(15(3)24-25-21)17-11-12-19(26)14(2)13-17;1-12-11-16(9-10-17(12)24)18-14(3)22-23-19(21-18)20-13(2)15-7-5-4-6-8-15;/h7-9,11-14,19H,6,10H2,1-5H3,(H,24,25,27);6-12,14H,1-5H3,(H,22,23,25);5-7,9-13,18,26H,4,8H2,1-3H3,(H,22,23,25);4-11,13,24H,1-3H3,(H,20,21,23);1H4/t;14-;;13-;/m.1.1./s1. The summed E-state index contributed by atoms with van der Waals surface area (Å²) in [4.78, 5) is 18.8. The fourth-order valence-electron chi connectivity index (χ4n) is 12.0. The highest BCUT2D eigenvalue weighted by Gasteiger charge is 2.21. The van der Waals surface area contributed by atoms with Crippen molar-refractivity contribution in [3.63, 3.8) is 0 Å². The summed E-state index contributed by atoms with van der Waals surface area (Å²) in [5, 5.41) is 66.9. The third-order valence-corrected chi connectivity index (χ3v) is 17.7. The van der Waals surface area contributed by atoms with Gasteiger partial charge in [-0.25, -0.2) is 19.9 Å². The zero-order valence-corrected chi connectivity index (χ0v) is 63.4. The number of phenols is 2. The van der Waals surface area contributed by atoms with Crippen LogP contribution in [0.1, 0.15) is 152 Å². The number of hydrogen-bond donors (Lipinski definition) is 6. The Labute approximate surface area is 629 Å². The molecule has 2 unspecified atom stereocenters. The fraction of sp³-hybridized carbons (Fsp3) is 0.294.